The number of carbonyl (C=O) groups excluding carboxylic acids is 1. The van der Waals surface area contributed by atoms with Crippen LogP contribution in [0, 0.1) is 5.92 Å². The number of benzene rings is 1. The summed E-state index contributed by atoms with van der Waals surface area (Å²) in [5.74, 6) is 0.409. The van der Waals surface area contributed by atoms with Crippen molar-refractivity contribution in [3.8, 4) is 0 Å². The Labute approximate surface area is 107 Å². The molecule has 4 heteroatoms. The highest BCUT2D eigenvalue weighted by molar-refractivity contribution is 6.30. The Morgan fingerprint density at radius 3 is 2.41 bits per heavy atom. The van der Waals surface area contributed by atoms with Gasteiger partial charge in [-0.2, -0.15) is 0 Å². The molecule has 17 heavy (non-hydrogen) atoms. The molecular weight excluding hydrogens is 236 g/mol. The van der Waals surface area contributed by atoms with E-state index in [9.17, 15) is 4.79 Å². The summed E-state index contributed by atoms with van der Waals surface area (Å²) in [5, 5.41) is 3.55. The number of carbonyl (C=O) groups is 1. The van der Waals surface area contributed by atoms with Gasteiger partial charge in [-0.3, -0.25) is 4.79 Å². The summed E-state index contributed by atoms with van der Waals surface area (Å²) < 4.78 is 0. The van der Waals surface area contributed by atoms with E-state index in [1.807, 2.05) is 0 Å². The number of nitrogens with one attached hydrogen (secondary N) is 1. The van der Waals surface area contributed by atoms with E-state index in [1.54, 1.807) is 24.3 Å². The summed E-state index contributed by atoms with van der Waals surface area (Å²) in [5.41, 5.74) is 6.24. The zero-order chi connectivity index (χ0) is 12.8. The van der Waals surface area contributed by atoms with Gasteiger partial charge in [-0.25, -0.2) is 0 Å². The van der Waals surface area contributed by atoms with Gasteiger partial charge >= 0.3 is 0 Å². The van der Waals surface area contributed by atoms with Crippen LogP contribution in [0.1, 0.15) is 30.6 Å². The third kappa shape index (κ3) is 4.75. The predicted molar refractivity (Wildman–Crippen MR) is 71.2 cm³/mol. The molecule has 0 aliphatic carbocycles. The molecule has 0 aliphatic heterocycles. The van der Waals surface area contributed by atoms with E-state index in [-0.39, 0.29) is 11.9 Å². The minimum atomic E-state index is -0.0993. The molecule has 0 aromatic heterocycles. The van der Waals surface area contributed by atoms with Crippen molar-refractivity contribution >= 4 is 17.5 Å². The number of hydrogen-bond donors (Lipinski definition) is 2. The second kappa shape index (κ2) is 6.62. The van der Waals surface area contributed by atoms with Gasteiger partial charge in [0.25, 0.3) is 5.91 Å². The third-order valence-electron chi connectivity index (χ3n) is 2.48. The van der Waals surface area contributed by atoms with Crippen LogP contribution in [-0.2, 0) is 0 Å². The minimum Gasteiger partial charge on any atom is -0.348 e. The maximum atomic E-state index is 11.9. The molecule has 1 aromatic carbocycles. The van der Waals surface area contributed by atoms with Gasteiger partial charge in [-0.1, -0.05) is 25.4 Å². The molecule has 94 valence electrons. The van der Waals surface area contributed by atoms with Crippen LogP contribution in [0.3, 0.4) is 0 Å². The first-order chi connectivity index (χ1) is 8.02. The first kappa shape index (κ1) is 14.0. The van der Waals surface area contributed by atoms with Crippen LogP contribution < -0.4 is 11.1 Å². The van der Waals surface area contributed by atoms with E-state index in [2.05, 4.69) is 19.2 Å². The van der Waals surface area contributed by atoms with Crippen LogP contribution in [0.2, 0.25) is 5.02 Å². The maximum absolute atomic E-state index is 11.9. The number of nitrogens with two attached hydrogens (primary N) is 1. The lowest BCUT2D eigenvalue weighted by Gasteiger charge is -2.18. The molecule has 0 heterocycles. The molecule has 0 spiro atoms. The second-order valence-electron chi connectivity index (χ2n) is 4.54. The van der Waals surface area contributed by atoms with Gasteiger partial charge in [0.2, 0.25) is 0 Å². The third-order valence-corrected chi connectivity index (χ3v) is 2.73. The van der Waals surface area contributed by atoms with E-state index < -0.39 is 0 Å². The Bertz CT molecular complexity index is 362. The highest BCUT2D eigenvalue weighted by Crippen LogP contribution is 2.10. The Morgan fingerprint density at radius 1 is 1.35 bits per heavy atom. The molecule has 1 atom stereocenters. The summed E-state index contributed by atoms with van der Waals surface area (Å²) in [4.78, 5) is 11.9. The average Bonchev–Trinajstić information content (AvgIpc) is 2.28. The van der Waals surface area contributed by atoms with Gasteiger partial charge in [0, 0.05) is 23.2 Å². The van der Waals surface area contributed by atoms with Gasteiger partial charge in [0.15, 0.2) is 0 Å². The molecule has 0 fully saturated rings. The fourth-order valence-corrected chi connectivity index (χ4v) is 1.78. The lowest BCUT2D eigenvalue weighted by Crippen LogP contribution is -2.41. The van der Waals surface area contributed by atoms with Gasteiger partial charge in [0.1, 0.15) is 0 Å². The largest absolute Gasteiger partial charge is 0.348 e. The molecular formula is C13H19ClN2O. The quantitative estimate of drug-likeness (QED) is 0.848. The smallest absolute Gasteiger partial charge is 0.251 e. The Balaban J connectivity index is 2.61. The highest BCUT2D eigenvalue weighted by atomic mass is 35.5. The van der Waals surface area contributed by atoms with Crippen molar-refractivity contribution < 1.29 is 4.79 Å². The lowest BCUT2D eigenvalue weighted by molar-refractivity contribution is 0.0934. The van der Waals surface area contributed by atoms with Gasteiger partial charge in [-0.15, -0.1) is 0 Å². The van der Waals surface area contributed by atoms with Crippen molar-refractivity contribution in [3.63, 3.8) is 0 Å². The van der Waals surface area contributed by atoms with Crippen molar-refractivity contribution in [2.75, 3.05) is 6.54 Å². The fourth-order valence-electron chi connectivity index (χ4n) is 1.65. The van der Waals surface area contributed by atoms with Crippen LogP contribution in [0.25, 0.3) is 0 Å². The van der Waals surface area contributed by atoms with E-state index in [0.29, 0.717) is 23.0 Å². The topological polar surface area (TPSA) is 55.1 Å². The van der Waals surface area contributed by atoms with Crippen molar-refractivity contribution in [3.05, 3.63) is 34.9 Å². The zero-order valence-corrected chi connectivity index (χ0v) is 11.0. The molecule has 0 saturated carbocycles. The highest BCUT2D eigenvalue weighted by Gasteiger charge is 2.13. The molecule has 1 rings (SSSR count). The predicted octanol–water partition coefficient (Wildman–Crippen LogP) is 2.44. The molecule has 0 aliphatic rings. The van der Waals surface area contributed by atoms with Gasteiger partial charge < -0.3 is 11.1 Å². The Hall–Kier alpha value is -1.06. The van der Waals surface area contributed by atoms with Gasteiger partial charge in [-0.05, 0) is 36.6 Å². The first-order valence-electron chi connectivity index (χ1n) is 5.79. The van der Waals surface area contributed by atoms with Crippen LogP contribution in [-0.4, -0.2) is 18.5 Å². The summed E-state index contributed by atoms with van der Waals surface area (Å²) in [6, 6.07) is 6.85. The van der Waals surface area contributed by atoms with Crippen LogP contribution in [0.4, 0.5) is 0 Å². The van der Waals surface area contributed by atoms with Crippen LogP contribution >= 0.6 is 11.6 Å². The Kier molecular flexibility index (Phi) is 5.45. The summed E-state index contributed by atoms with van der Waals surface area (Å²) in [7, 11) is 0. The maximum Gasteiger partial charge on any atom is 0.251 e. The van der Waals surface area contributed by atoms with Crippen LogP contribution in [0.15, 0.2) is 24.3 Å². The number of hydrogen-bond acceptors (Lipinski definition) is 2. The standard InChI is InChI=1S/C13H19ClN2O/c1-9(2)7-12(8-15)16-13(17)10-3-5-11(14)6-4-10/h3-6,9,12H,7-8,15H2,1-2H3,(H,16,17). The monoisotopic (exact) mass is 254 g/mol. The summed E-state index contributed by atoms with van der Waals surface area (Å²) in [6.07, 6.45) is 0.885. The van der Waals surface area contributed by atoms with Crippen molar-refractivity contribution in [2.24, 2.45) is 11.7 Å². The molecule has 0 bridgehead atoms. The average molecular weight is 255 g/mol. The number of amides is 1. The SMILES string of the molecule is CC(C)CC(CN)NC(=O)c1ccc(Cl)cc1. The molecule has 3 N–H and O–H groups in total. The molecule has 0 saturated heterocycles. The lowest BCUT2D eigenvalue weighted by atomic mass is 10.0. The van der Waals surface area contributed by atoms with E-state index >= 15 is 0 Å². The molecule has 1 amide bonds. The molecule has 1 unspecified atom stereocenters. The second-order valence-corrected chi connectivity index (χ2v) is 4.98. The van der Waals surface area contributed by atoms with Crippen LogP contribution in [0.5, 0.6) is 0 Å². The van der Waals surface area contributed by atoms with Crippen molar-refractivity contribution in [1.82, 2.24) is 5.32 Å². The minimum absolute atomic E-state index is 0.0261. The number of halogens is 1. The molecule has 0 radical (unpaired) electrons. The van der Waals surface area contributed by atoms with Gasteiger partial charge in [0.05, 0.1) is 0 Å². The normalized spacial score (nSPS) is 12.5. The zero-order valence-electron chi connectivity index (χ0n) is 10.2. The van der Waals surface area contributed by atoms with E-state index in [0.717, 1.165) is 6.42 Å². The molecule has 1 aromatic rings. The first-order valence-corrected chi connectivity index (χ1v) is 6.17. The summed E-state index contributed by atoms with van der Waals surface area (Å²) in [6.45, 7) is 4.67. The van der Waals surface area contributed by atoms with E-state index in [1.165, 1.54) is 0 Å². The van der Waals surface area contributed by atoms with Crippen molar-refractivity contribution in [2.45, 2.75) is 26.3 Å². The number of rotatable bonds is 5. The fraction of sp³-hybridized carbons (Fsp3) is 0.462. The molecule has 3 nitrogen and oxygen atoms in total. The summed E-state index contributed by atoms with van der Waals surface area (Å²) >= 11 is 5.77. The van der Waals surface area contributed by atoms with E-state index in [4.69, 9.17) is 17.3 Å². The Morgan fingerprint density at radius 2 is 1.94 bits per heavy atom. The van der Waals surface area contributed by atoms with Crippen molar-refractivity contribution in [1.29, 1.82) is 0 Å².